The van der Waals surface area contributed by atoms with Gasteiger partial charge in [0.25, 0.3) is 0 Å². The number of alkyl halides is 4. The maximum Gasteiger partial charge on any atom is 0.401 e. The molecule has 1 aliphatic carbocycles. The first-order valence-corrected chi connectivity index (χ1v) is 12.3. The molecule has 1 heterocycles. The molecule has 2 aliphatic rings. The van der Waals surface area contributed by atoms with Crippen molar-refractivity contribution in [1.82, 2.24) is 4.90 Å². The summed E-state index contributed by atoms with van der Waals surface area (Å²) in [5.41, 5.74) is 1.90. The van der Waals surface area contributed by atoms with Crippen molar-refractivity contribution in [3.05, 3.63) is 75.4 Å². The molecule has 200 valence electrons. The zero-order valence-electron chi connectivity index (χ0n) is 20.7. The Hall–Kier alpha value is -2.81. The van der Waals surface area contributed by atoms with E-state index in [1.165, 1.54) is 25.3 Å². The zero-order valence-corrected chi connectivity index (χ0v) is 20.7. The normalized spacial score (nSPS) is 21.8. The lowest BCUT2D eigenvalue weighted by Crippen LogP contribution is -2.47. The monoisotopic (exact) mass is 525 g/mol. The number of carbonyl (C=O) groups is 1. The van der Waals surface area contributed by atoms with E-state index >= 15 is 8.78 Å². The number of esters is 1. The Balaban J connectivity index is 1.72. The summed E-state index contributed by atoms with van der Waals surface area (Å²) in [4.78, 5) is 13.1. The molecule has 2 atom stereocenters. The van der Waals surface area contributed by atoms with Crippen LogP contribution in [0.15, 0.2) is 35.9 Å². The molecule has 1 aliphatic heterocycles. The molecule has 4 rings (SSSR count). The highest BCUT2D eigenvalue weighted by Gasteiger charge is 2.42. The van der Waals surface area contributed by atoms with Gasteiger partial charge in [-0.25, -0.2) is 13.6 Å². The highest BCUT2D eigenvalue weighted by molar-refractivity contribution is 5.89. The van der Waals surface area contributed by atoms with Crippen LogP contribution in [0.25, 0.3) is 6.08 Å². The molecular weight excluding hydrogens is 496 g/mol. The van der Waals surface area contributed by atoms with Crippen LogP contribution in [-0.2, 0) is 11.2 Å². The summed E-state index contributed by atoms with van der Waals surface area (Å²) in [6, 6.07) is 4.61. The molecule has 0 radical (unpaired) electrons. The van der Waals surface area contributed by atoms with Gasteiger partial charge in [0.1, 0.15) is 11.6 Å². The number of benzene rings is 2. The number of carbonyl (C=O) groups excluding carboxylic acids is 1. The van der Waals surface area contributed by atoms with Gasteiger partial charge in [-0.05, 0) is 85.9 Å². The van der Waals surface area contributed by atoms with Crippen LogP contribution in [0.1, 0.15) is 71.3 Å². The van der Waals surface area contributed by atoms with Crippen LogP contribution in [0.4, 0.5) is 26.3 Å². The third kappa shape index (κ3) is 6.03. The summed E-state index contributed by atoms with van der Waals surface area (Å²) >= 11 is 0. The van der Waals surface area contributed by atoms with E-state index in [0.717, 1.165) is 41.9 Å². The van der Waals surface area contributed by atoms with Crippen LogP contribution >= 0.6 is 0 Å². The molecule has 9 heteroatoms. The van der Waals surface area contributed by atoms with E-state index in [9.17, 15) is 22.4 Å². The lowest BCUT2D eigenvalue weighted by atomic mass is 9.76. The Morgan fingerprint density at radius 3 is 2.38 bits per heavy atom. The molecule has 0 bridgehead atoms. The van der Waals surface area contributed by atoms with E-state index < -0.39 is 48.0 Å². The Bertz CT molecular complexity index is 1160. The lowest BCUT2D eigenvalue weighted by molar-refractivity contribution is -0.155. The molecule has 0 N–H and O–H groups in total. The Morgan fingerprint density at radius 2 is 1.78 bits per heavy atom. The van der Waals surface area contributed by atoms with Crippen LogP contribution < -0.4 is 0 Å². The van der Waals surface area contributed by atoms with Crippen molar-refractivity contribution >= 4 is 12.0 Å². The van der Waals surface area contributed by atoms with Gasteiger partial charge in [0, 0.05) is 11.6 Å². The standard InChI is InChI=1S/C28H29F6NO2/c1-16-8-21-14-20(27(36)37-2)5-6-22(21)26(35(16)15-28(32,33)34)25-23(30)12-19(13-24(25)31)11-18-9-17(10-18)4-3-7-29/h5-6,11-14,16-17,26H,3-4,7-10,15H2,1-2H3/t16-,17?,26+/m1/s1. The SMILES string of the molecule is COC(=O)c1ccc2c(c1)C[C@@H](C)N(CC(F)(F)F)[C@@H]2c1c(F)cc(C=C2CC(CCCF)C2)cc1F. The van der Waals surface area contributed by atoms with E-state index in [-0.39, 0.29) is 18.7 Å². The summed E-state index contributed by atoms with van der Waals surface area (Å²) in [6.45, 7) is -0.148. The van der Waals surface area contributed by atoms with Crippen molar-refractivity contribution in [2.24, 2.45) is 5.92 Å². The van der Waals surface area contributed by atoms with E-state index in [1.807, 2.05) is 0 Å². The number of allylic oxidation sites excluding steroid dienone is 1. The fraction of sp³-hybridized carbons (Fsp3) is 0.464. The summed E-state index contributed by atoms with van der Waals surface area (Å²) in [5, 5.41) is 0. The number of halogens is 6. The number of fused-ring (bicyclic) bond motifs is 1. The minimum Gasteiger partial charge on any atom is -0.465 e. The van der Waals surface area contributed by atoms with Crippen LogP contribution in [0, 0.1) is 17.6 Å². The second kappa shape index (κ2) is 10.9. The number of nitrogens with zero attached hydrogens (tertiary/aromatic N) is 1. The van der Waals surface area contributed by atoms with E-state index in [2.05, 4.69) is 0 Å². The van der Waals surface area contributed by atoms with Gasteiger partial charge in [0.2, 0.25) is 0 Å². The van der Waals surface area contributed by atoms with Crippen LogP contribution in [0.2, 0.25) is 0 Å². The van der Waals surface area contributed by atoms with Crippen molar-refractivity contribution in [1.29, 1.82) is 0 Å². The Labute approximate surface area is 212 Å². The molecule has 0 aromatic heterocycles. The van der Waals surface area contributed by atoms with Crippen molar-refractivity contribution in [3.63, 3.8) is 0 Å². The maximum absolute atomic E-state index is 15.5. The van der Waals surface area contributed by atoms with Gasteiger partial charge in [-0.2, -0.15) is 13.2 Å². The Kier molecular flexibility index (Phi) is 8.02. The topological polar surface area (TPSA) is 29.5 Å². The summed E-state index contributed by atoms with van der Waals surface area (Å²) < 4.78 is 88.7. The number of methoxy groups -OCH3 is 1. The molecule has 0 saturated heterocycles. The predicted octanol–water partition coefficient (Wildman–Crippen LogP) is 7.19. The predicted molar refractivity (Wildman–Crippen MR) is 128 cm³/mol. The number of hydrogen-bond donors (Lipinski definition) is 0. The maximum atomic E-state index is 15.5. The molecule has 37 heavy (non-hydrogen) atoms. The highest BCUT2D eigenvalue weighted by atomic mass is 19.4. The summed E-state index contributed by atoms with van der Waals surface area (Å²) in [5.74, 6) is -2.12. The van der Waals surface area contributed by atoms with Crippen molar-refractivity contribution in [2.45, 2.75) is 57.3 Å². The van der Waals surface area contributed by atoms with Gasteiger partial charge in [-0.1, -0.05) is 17.7 Å². The second-order valence-electron chi connectivity index (χ2n) is 9.95. The third-order valence-electron chi connectivity index (χ3n) is 7.23. The molecule has 2 aromatic carbocycles. The molecule has 2 aromatic rings. The average Bonchev–Trinajstić information content (AvgIpc) is 2.80. The van der Waals surface area contributed by atoms with E-state index in [1.54, 1.807) is 13.0 Å². The fourth-order valence-corrected chi connectivity index (χ4v) is 5.49. The molecule has 1 fully saturated rings. The Morgan fingerprint density at radius 1 is 1.11 bits per heavy atom. The second-order valence-corrected chi connectivity index (χ2v) is 9.95. The van der Waals surface area contributed by atoms with E-state index in [0.29, 0.717) is 29.0 Å². The van der Waals surface area contributed by atoms with Crippen LogP contribution in [0.5, 0.6) is 0 Å². The van der Waals surface area contributed by atoms with Gasteiger partial charge in [0.05, 0.1) is 31.9 Å². The number of ether oxygens (including phenoxy) is 1. The van der Waals surface area contributed by atoms with Crippen molar-refractivity contribution in [3.8, 4) is 0 Å². The molecule has 3 nitrogen and oxygen atoms in total. The molecule has 0 spiro atoms. The minimum absolute atomic E-state index is 0.170. The van der Waals surface area contributed by atoms with Gasteiger partial charge >= 0.3 is 12.1 Å². The lowest BCUT2D eigenvalue weighted by Gasteiger charge is -2.42. The highest BCUT2D eigenvalue weighted by Crippen LogP contribution is 2.43. The smallest absolute Gasteiger partial charge is 0.401 e. The molecule has 0 unspecified atom stereocenters. The van der Waals surface area contributed by atoms with Gasteiger partial charge in [0.15, 0.2) is 0 Å². The van der Waals surface area contributed by atoms with Crippen LogP contribution in [0.3, 0.4) is 0 Å². The van der Waals surface area contributed by atoms with E-state index in [4.69, 9.17) is 4.74 Å². The van der Waals surface area contributed by atoms with Gasteiger partial charge in [-0.3, -0.25) is 9.29 Å². The third-order valence-corrected chi connectivity index (χ3v) is 7.23. The summed E-state index contributed by atoms with van der Waals surface area (Å²) in [7, 11) is 1.22. The molecular formula is C28H29F6NO2. The van der Waals surface area contributed by atoms with Gasteiger partial charge < -0.3 is 4.74 Å². The largest absolute Gasteiger partial charge is 0.465 e. The molecule has 1 saturated carbocycles. The van der Waals surface area contributed by atoms with Crippen molar-refractivity contribution in [2.75, 3.05) is 20.3 Å². The quantitative estimate of drug-likeness (QED) is 0.283. The number of hydrogen-bond acceptors (Lipinski definition) is 3. The average molecular weight is 526 g/mol. The fourth-order valence-electron chi connectivity index (χ4n) is 5.49. The van der Waals surface area contributed by atoms with Gasteiger partial charge in [-0.15, -0.1) is 0 Å². The van der Waals surface area contributed by atoms with Crippen LogP contribution in [-0.4, -0.2) is 43.4 Å². The van der Waals surface area contributed by atoms with Crippen molar-refractivity contribution < 1.29 is 35.9 Å². The summed E-state index contributed by atoms with van der Waals surface area (Å²) in [6.07, 6.45) is 0.00437. The molecule has 0 amide bonds. The number of rotatable bonds is 7. The minimum atomic E-state index is -4.59. The first-order chi connectivity index (χ1) is 17.5. The first-order valence-electron chi connectivity index (χ1n) is 12.3. The zero-order chi connectivity index (χ0) is 26.9. The first kappa shape index (κ1) is 27.2.